The summed E-state index contributed by atoms with van der Waals surface area (Å²) in [5.41, 5.74) is 0.482. The van der Waals surface area contributed by atoms with Crippen LogP contribution < -0.4 is 10.6 Å². The van der Waals surface area contributed by atoms with E-state index in [0.29, 0.717) is 5.69 Å². The standard InChI is InChI=1S/C14H17ClN2O3/c1-8(6-9-2-3-9)16-14(20)17-10-4-5-11(13(18)19)12(15)7-10/h4-5,7-9H,2-3,6H2,1H3,(H,18,19)(H2,16,17,20). The highest BCUT2D eigenvalue weighted by molar-refractivity contribution is 6.33. The third-order valence-electron chi connectivity index (χ3n) is 3.22. The zero-order chi connectivity index (χ0) is 14.7. The van der Waals surface area contributed by atoms with Crippen LogP contribution in [0.5, 0.6) is 0 Å². The van der Waals surface area contributed by atoms with E-state index in [1.165, 1.54) is 31.0 Å². The van der Waals surface area contributed by atoms with Crippen molar-refractivity contribution >= 4 is 29.3 Å². The maximum Gasteiger partial charge on any atom is 0.337 e. The number of carbonyl (C=O) groups excluding carboxylic acids is 1. The van der Waals surface area contributed by atoms with E-state index in [2.05, 4.69) is 10.6 Å². The maximum atomic E-state index is 11.8. The van der Waals surface area contributed by atoms with Crippen LogP contribution in [-0.2, 0) is 0 Å². The summed E-state index contributed by atoms with van der Waals surface area (Å²) in [5.74, 6) is -0.348. The van der Waals surface area contributed by atoms with Crippen LogP contribution >= 0.6 is 11.6 Å². The topological polar surface area (TPSA) is 78.4 Å². The zero-order valence-corrected chi connectivity index (χ0v) is 11.9. The summed E-state index contributed by atoms with van der Waals surface area (Å²) in [6.07, 6.45) is 3.49. The van der Waals surface area contributed by atoms with E-state index in [9.17, 15) is 9.59 Å². The molecule has 0 saturated heterocycles. The molecule has 2 amide bonds. The Morgan fingerprint density at radius 1 is 1.45 bits per heavy atom. The molecule has 1 unspecified atom stereocenters. The lowest BCUT2D eigenvalue weighted by molar-refractivity contribution is 0.0697. The molecule has 1 atom stereocenters. The van der Waals surface area contributed by atoms with Crippen LogP contribution in [0.3, 0.4) is 0 Å². The van der Waals surface area contributed by atoms with Gasteiger partial charge in [-0.3, -0.25) is 0 Å². The average Bonchev–Trinajstić information content (AvgIpc) is 3.11. The minimum atomic E-state index is -1.09. The summed E-state index contributed by atoms with van der Waals surface area (Å²) in [6, 6.07) is 4.12. The Morgan fingerprint density at radius 2 is 2.15 bits per heavy atom. The number of benzene rings is 1. The van der Waals surface area contributed by atoms with Gasteiger partial charge in [-0.2, -0.15) is 0 Å². The molecule has 0 bridgehead atoms. The van der Waals surface area contributed by atoms with E-state index in [0.717, 1.165) is 12.3 Å². The largest absolute Gasteiger partial charge is 0.478 e. The number of anilines is 1. The van der Waals surface area contributed by atoms with Gasteiger partial charge >= 0.3 is 12.0 Å². The molecular formula is C14H17ClN2O3. The van der Waals surface area contributed by atoms with Gasteiger partial charge in [-0.05, 0) is 37.5 Å². The lowest BCUT2D eigenvalue weighted by Crippen LogP contribution is -2.36. The van der Waals surface area contributed by atoms with Crippen molar-refractivity contribution in [3.05, 3.63) is 28.8 Å². The van der Waals surface area contributed by atoms with Gasteiger partial charge in [0.05, 0.1) is 10.6 Å². The van der Waals surface area contributed by atoms with Crippen molar-refractivity contribution in [3.8, 4) is 0 Å². The van der Waals surface area contributed by atoms with Gasteiger partial charge in [0.15, 0.2) is 0 Å². The van der Waals surface area contributed by atoms with Crippen LogP contribution in [0.1, 0.15) is 36.5 Å². The Bertz CT molecular complexity index is 529. The second-order valence-electron chi connectivity index (χ2n) is 5.18. The molecule has 5 nitrogen and oxygen atoms in total. The summed E-state index contributed by atoms with van der Waals surface area (Å²) in [4.78, 5) is 22.6. The lowest BCUT2D eigenvalue weighted by Gasteiger charge is -2.14. The van der Waals surface area contributed by atoms with Gasteiger partial charge < -0.3 is 15.7 Å². The predicted octanol–water partition coefficient (Wildman–Crippen LogP) is 3.35. The van der Waals surface area contributed by atoms with Crippen molar-refractivity contribution in [1.82, 2.24) is 5.32 Å². The normalized spacial score (nSPS) is 15.5. The molecule has 0 heterocycles. The number of hydrogen-bond donors (Lipinski definition) is 3. The minimum absolute atomic E-state index is 0.0136. The molecule has 0 spiro atoms. The molecule has 1 aromatic carbocycles. The van der Waals surface area contributed by atoms with E-state index in [-0.39, 0.29) is 22.7 Å². The van der Waals surface area contributed by atoms with Gasteiger partial charge in [0.1, 0.15) is 0 Å². The van der Waals surface area contributed by atoms with Gasteiger partial charge in [0, 0.05) is 11.7 Å². The first-order valence-electron chi connectivity index (χ1n) is 6.56. The fourth-order valence-corrected chi connectivity index (χ4v) is 2.33. The molecule has 20 heavy (non-hydrogen) atoms. The molecule has 1 aliphatic carbocycles. The summed E-state index contributed by atoms with van der Waals surface area (Å²) < 4.78 is 0. The number of amides is 2. The lowest BCUT2D eigenvalue weighted by atomic mass is 10.2. The Labute approximate surface area is 122 Å². The first-order chi connectivity index (χ1) is 9.45. The number of nitrogens with one attached hydrogen (secondary N) is 2. The van der Waals surface area contributed by atoms with Crippen molar-refractivity contribution in [2.45, 2.75) is 32.2 Å². The Kier molecular flexibility index (Phi) is 4.49. The second-order valence-corrected chi connectivity index (χ2v) is 5.59. The van der Waals surface area contributed by atoms with Crippen molar-refractivity contribution in [2.24, 2.45) is 5.92 Å². The number of urea groups is 1. The molecule has 1 aliphatic rings. The second kappa shape index (κ2) is 6.13. The van der Waals surface area contributed by atoms with Crippen LogP contribution in [-0.4, -0.2) is 23.1 Å². The van der Waals surface area contributed by atoms with Gasteiger partial charge in [-0.25, -0.2) is 9.59 Å². The first-order valence-corrected chi connectivity index (χ1v) is 6.94. The molecule has 0 aliphatic heterocycles. The number of rotatable bonds is 5. The summed E-state index contributed by atoms with van der Waals surface area (Å²) in [6.45, 7) is 1.97. The monoisotopic (exact) mass is 296 g/mol. The summed E-state index contributed by atoms with van der Waals surface area (Å²) in [7, 11) is 0. The van der Waals surface area contributed by atoms with Gasteiger partial charge in [0.25, 0.3) is 0 Å². The number of carbonyl (C=O) groups is 2. The Balaban J connectivity index is 1.90. The molecule has 1 fully saturated rings. The number of carboxylic acid groups (broad SMARTS) is 1. The third-order valence-corrected chi connectivity index (χ3v) is 3.53. The zero-order valence-electron chi connectivity index (χ0n) is 11.1. The fraction of sp³-hybridized carbons (Fsp3) is 0.429. The molecule has 0 radical (unpaired) electrons. The molecular weight excluding hydrogens is 280 g/mol. The minimum Gasteiger partial charge on any atom is -0.478 e. The van der Waals surface area contributed by atoms with Gasteiger partial charge in [0.2, 0.25) is 0 Å². The quantitative estimate of drug-likeness (QED) is 0.779. The van der Waals surface area contributed by atoms with Crippen molar-refractivity contribution in [2.75, 3.05) is 5.32 Å². The van der Waals surface area contributed by atoms with Crippen LogP contribution in [0.2, 0.25) is 5.02 Å². The molecule has 6 heteroatoms. The summed E-state index contributed by atoms with van der Waals surface area (Å²) >= 11 is 5.84. The maximum absolute atomic E-state index is 11.8. The fourth-order valence-electron chi connectivity index (χ4n) is 2.07. The third kappa shape index (κ3) is 4.13. The molecule has 108 valence electrons. The van der Waals surface area contributed by atoms with Crippen molar-refractivity contribution in [3.63, 3.8) is 0 Å². The first kappa shape index (κ1) is 14.7. The summed E-state index contributed by atoms with van der Waals surface area (Å²) in [5, 5.41) is 14.5. The van der Waals surface area contributed by atoms with E-state index < -0.39 is 5.97 Å². The van der Waals surface area contributed by atoms with E-state index in [4.69, 9.17) is 16.7 Å². The molecule has 0 aromatic heterocycles. The number of carboxylic acids is 1. The van der Waals surface area contributed by atoms with Crippen LogP contribution in [0.4, 0.5) is 10.5 Å². The highest BCUT2D eigenvalue weighted by atomic mass is 35.5. The van der Waals surface area contributed by atoms with Crippen molar-refractivity contribution < 1.29 is 14.7 Å². The van der Waals surface area contributed by atoms with Gasteiger partial charge in [-0.15, -0.1) is 0 Å². The molecule has 1 aromatic rings. The number of hydrogen-bond acceptors (Lipinski definition) is 2. The Hall–Kier alpha value is -1.75. The van der Waals surface area contributed by atoms with E-state index in [1.54, 1.807) is 0 Å². The highest BCUT2D eigenvalue weighted by Crippen LogP contribution is 2.33. The van der Waals surface area contributed by atoms with Crippen LogP contribution in [0.25, 0.3) is 0 Å². The van der Waals surface area contributed by atoms with Crippen LogP contribution in [0, 0.1) is 5.92 Å². The molecule has 3 N–H and O–H groups in total. The highest BCUT2D eigenvalue weighted by Gasteiger charge is 2.24. The SMILES string of the molecule is CC(CC1CC1)NC(=O)Nc1ccc(C(=O)O)c(Cl)c1. The van der Waals surface area contributed by atoms with Crippen LogP contribution in [0.15, 0.2) is 18.2 Å². The number of aromatic carboxylic acids is 1. The number of halogens is 1. The molecule has 2 rings (SSSR count). The van der Waals surface area contributed by atoms with E-state index >= 15 is 0 Å². The van der Waals surface area contributed by atoms with Crippen molar-refractivity contribution in [1.29, 1.82) is 0 Å². The smallest absolute Gasteiger partial charge is 0.337 e. The Morgan fingerprint density at radius 3 is 2.70 bits per heavy atom. The average molecular weight is 297 g/mol. The van der Waals surface area contributed by atoms with Gasteiger partial charge in [-0.1, -0.05) is 24.4 Å². The predicted molar refractivity (Wildman–Crippen MR) is 77.4 cm³/mol. The molecule has 1 saturated carbocycles. The van der Waals surface area contributed by atoms with E-state index in [1.807, 2.05) is 6.92 Å².